The molecule has 1 aromatic carbocycles. The van der Waals surface area contributed by atoms with Crippen LogP contribution in [0.25, 0.3) is 0 Å². The molecule has 0 fully saturated rings. The zero-order valence-electron chi connectivity index (χ0n) is 20.3. The van der Waals surface area contributed by atoms with Gasteiger partial charge in [0.05, 0.1) is 21.0 Å². The van der Waals surface area contributed by atoms with Gasteiger partial charge in [0.15, 0.2) is 5.78 Å². The molecule has 2 aromatic rings. The van der Waals surface area contributed by atoms with Gasteiger partial charge in [-0.1, -0.05) is 61.5 Å². The van der Waals surface area contributed by atoms with E-state index >= 15 is 0 Å². The molecule has 1 aliphatic carbocycles. The van der Waals surface area contributed by atoms with Gasteiger partial charge < -0.3 is 10.6 Å². The lowest BCUT2D eigenvalue weighted by Gasteiger charge is -2.41. The zero-order chi connectivity index (χ0) is 24.9. The molecule has 34 heavy (non-hydrogen) atoms. The molecule has 0 saturated carbocycles. The van der Waals surface area contributed by atoms with Crippen LogP contribution in [0.15, 0.2) is 47.9 Å². The van der Waals surface area contributed by atoms with Crippen molar-refractivity contribution in [3.63, 3.8) is 0 Å². The third-order valence-electron chi connectivity index (χ3n) is 6.27. The van der Waals surface area contributed by atoms with Gasteiger partial charge in [0, 0.05) is 35.4 Å². The van der Waals surface area contributed by atoms with Gasteiger partial charge in [-0.05, 0) is 57.7 Å². The van der Waals surface area contributed by atoms with E-state index in [1.807, 2.05) is 38.1 Å². The summed E-state index contributed by atoms with van der Waals surface area (Å²) in [6.45, 7) is 8.32. The smallest absolute Gasteiger partial charge is 0.258 e. The number of pyridine rings is 1. The predicted molar refractivity (Wildman–Crippen MR) is 140 cm³/mol. The molecular formula is C27H33Cl2N3O2. The molecule has 1 atom stereocenters. The van der Waals surface area contributed by atoms with E-state index < -0.39 is 5.41 Å². The number of unbranched alkanes of at least 4 members (excludes halogenated alkanes) is 3. The Hall–Kier alpha value is -2.37. The fourth-order valence-corrected chi connectivity index (χ4v) is 4.89. The summed E-state index contributed by atoms with van der Waals surface area (Å²) in [7, 11) is 0. The Morgan fingerprint density at radius 2 is 1.71 bits per heavy atom. The number of amides is 1. The zero-order valence-corrected chi connectivity index (χ0v) is 21.8. The number of benzene rings is 1. The van der Waals surface area contributed by atoms with Crippen molar-refractivity contribution in [1.29, 1.82) is 0 Å². The molecule has 0 saturated heterocycles. The van der Waals surface area contributed by atoms with Crippen molar-refractivity contribution in [2.45, 2.75) is 72.3 Å². The molecule has 0 bridgehead atoms. The fraction of sp³-hybridized carbons (Fsp3) is 0.444. The summed E-state index contributed by atoms with van der Waals surface area (Å²) in [6, 6.07) is 7.86. The lowest BCUT2D eigenvalue weighted by atomic mass is 9.67. The topological polar surface area (TPSA) is 71.1 Å². The SMILES string of the molecule is CCCCCCC1=C(N[C@@H](C)Cc2ccc(NC(=O)c3c(Cl)cncc3Cl)cc2)C(C)(C)C1=O. The Bertz CT molecular complexity index is 1060. The number of ketones is 1. The van der Waals surface area contributed by atoms with Crippen molar-refractivity contribution in [3.8, 4) is 0 Å². The molecule has 0 aliphatic heterocycles. The fourth-order valence-electron chi connectivity index (χ4n) is 4.35. The predicted octanol–water partition coefficient (Wildman–Crippen LogP) is 6.99. The first-order chi connectivity index (χ1) is 16.1. The number of rotatable bonds is 11. The summed E-state index contributed by atoms with van der Waals surface area (Å²) in [4.78, 5) is 29.0. The van der Waals surface area contributed by atoms with Crippen LogP contribution in [0.4, 0.5) is 5.69 Å². The van der Waals surface area contributed by atoms with Crippen molar-refractivity contribution in [1.82, 2.24) is 10.3 Å². The second-order valence-electron chi connectivity index (χ2n) is 9.50. The maximum atomic E-state index is 12.6. The van der Waals surface area contributed by atoms with Crippen LogP contribution in [0, 0.1) is 5.41 Å². The summed E-state index contributed by atoms with van der Waals surface area (Å²) in [6.07, 6.45) is 9.07. The summed E-state index contributed by atoms with van der Waals surface area (Å²) in [5.74, 6) is -0.108. The Kier molecular flexibility index (Phi) is 8.78. The molecule has 182 valence electrons. The van der Waals surface area contributed by atoms with Gasteiger partial charge in [0.1, 0.15) is 0 Å². The van der Waals surface area contributed by atoms with Gasteiger partial charge in [-0.25, -0.2) is 0 Å². The number of allylic oxidation sites excluding steroid dienone is 2. The van der Waals surface area contributed by atoms with Gasteiger partial charge in [-0.2, -0.15) is 0 Å². The standard InChI is InChI=1S/C27H33Cl2N3O2/c1-5-6-7-8-9-20-24(27(3,4)25(20)33)31-17(2)14-18-10-12-19(13-11-18)32-26(34)23-21(28)15-30-16-22(23)29/h10-13,15-17,31H,5-9,14H2,1-4H3,(H,32,34)/t17-/m0/s1. The van der Waals surface area contributed by atoms with Crippen LogP contribution in [0.2, 0.25) is 10.0 Å². The quantitative estimate of drug-likeness (QED) is 0.325. The Morgan fingerprint density at radius 3 is 2.32 bits per heavy atom. The van der Waals surface area contributed by atoms with Gasteiger partial charge in [-0.3, -0.25) is 14.6 Å². The molecule has 0 radical (unpaired) electrons. The number of carbonyl (C=O) groups is 2. The lowest BCUT2D eigenvalue weighted by Crippen LogP contribution is -2.48. The number of aromatic nitrogens is 1. The van der Waals surface area contributed by atoms with Crippen LogP contribution >= 0.6 is 23.2 Å². The van der Waals surface area contributed by atoms with Crippen LogP contribution in [0.1, 0.15) is 75.7 Å². The van der Waals surface area contributed by atoms with Crippen LogP contribution in [0.3, 0.4) is 0 Å². The molecule has 7 heteroatoms. The Balaban J connectivity index is 1.60. The molecule has 5 nitrogen and oxygen atoms in total. The molecule has 1 aromatic heterocycles. The number of anilines is 1. The molecule has 0 unspecified atom stereocenters. The first kappa shape index (κ1) is 26.2. The Labute approximate surface area is 212 Å². The molecule has 1 heterocycles. The molecule has 1 aliphatic rings. The number of Topliss-reactive ketones (excluding diaryl/α,β-unsaturated/α-hetero) is 1. The Morgan fingerprint density at radius 1 is 1.06 bits per heavy atom. The largest absolute Gasteiger partial charge is 0.384 e. The van der Waals surface area contributed by atoms with Crippen LogP contribution < -0.4 is 10.6 Å². The third kappa shape index (κ3) is 6.00. The van der Waals surface area contributed by atoms with Crippen molar-refractivity contribution in [3.05, 3.63) is 69.1 Å². The maximum Gasteiger partial charge on any atom is 0.258 e. The minimum atomic E-state index is -0.433. The van der Waals surface area contributed by atoms with Crippen LogP contribution in [-0.2, 0) is 11.2 Å². The van der Waals surface area contributed by atoms with Crippen molar-refractivity contribution >= 4 is 40.6 Å². The average molecular weight is 502 g/mol. The number of carbonyl (C=O) groups excluding carboxylic acids is 2. The third-order valence-corrected chi connectivity index (χ3v) is 6.85. The monoisotopic (exact) mass is 501 g/mol. The number of hydrogen-bond acceptors (Lipinski definition) is 4. The maximum absolute atomic E-state index is 12.6. The molecule has 2 N–H and O–H groups in total. The summed E-state index contributed by atoms with van der Waals surface area (Å²) in [5.41, 5.74) is 3.62. The molecular weight excluding hydrogens is 469 g/mol. The number of halogens is 2. The normalized spacial score (nSPS) is 15.6. The first-order valence-corrected chi connectivity index (χ1v) is 12.6. The van der Waals surface area contributed by atoms with Gasteiger partial charge in [0.25, 0.3) is 5.91 Å². The van der Waals surface area contributed by atoms with Gasteiger partial charge >= 0.3 is 0 Å². The lowest BCUT2D eigenvalue weighted by molar-refractivity contribution is -0.125. The summed E-state index contributed by atoms with van der Waals surface area (Å²) in [5, 5.41) is 6.85. The second kappa shape index (κ2) is 11.4. The van der Waals surface area contributed by atoms with Gasteiger partial charge in [0.2, 0.25) is 0 Å². The van der Waals surface area contributed by atoms with Crippen LogP contribution in [-0.4, -0.2) is 22.7 Å². The minimum absolute atomic E-state index is 0.169. The van der Waals surface area contributed by atoms with E-state index in [0.29, 0.717) is 5.69 Å². The van der Waals surface area contributed by atoms with E-state index in [1.165, 1.54) is 31.7 Å². The van der Waals surface area contributed by atoms with Crippen molar-refractivity contribution in [2.75, 3.05) is 5.32 Å². The highest BCUT2D eigenvalue weighted by atomic mass is 35.5. The highest BCUT2D eigenvalue weighted by Crippen LogP contribution is 2.43. The van der Waals surface area contributed by atoms with Crippen LogP contribution in [0.5, 0.6) is 0 Å². The number of nitrogens with zero attached hydrogens (tertiary/aromatic N) is 1. The molecule has 3 rings (SSSR count). The van der Waals surface area contributed by atoms with Gasteiger partial charge in [-0.15, -0.1) is 0 Å². The van der Waals surface area contributed by atoms with Crippen molar-refractivity contribution < 1.29 is 9.59 Å². The highest BCUT2D eigenvalue weighted by Gasteiger charge is 2.46. The first-order valence-electron chi connectivity index (χ1n) is 11.9. The second-order valence-corrected chi connectivity index (χ2v) is 10.3. The van der Waals surface area contributed by atoms with Crippen molar-refractivity contribution in [2.24, 2.45) is 5.41 Å². The van der Waals surface area contributed by atoms with E-state index in [9.17, 15) is 9.59 Å². The highest BCUT2D eigenvalue weighted by molar-refractivity contribution is 6.40. The molecule has 0 spiro atoms. The van der Waals surface area contributed by atoms with E-state index in [1.54, 1.807) is 0 Å². The number of nitrogens with one attached hydrogen (secondary N) is 2. The number of hydrogen-bond donors (Lipinski definition) is 2. The van der Waals surface area contributed by atoms with E-state index in [2.05, 4.69) is 29.5 Å². The molecule has 1 amide bonds. The van der Waals surface area contributed by atoms with E-state index in [0.717, 1.165) is 36.1 Å². The minimum Gasteiger partial charge on any atom is -0.384 e. The summed E-state index contributed by atoms with van der Waals surface area (Å²) >= 11 is 12.1. The van der Waals surface area contributed by atoms with E-state index in [-0.39, 0.29) is 33.3 Å². The average Bonchev–Trinajstić information content (AvgIpc) is 2.79. The summed E-state index contributed by atoms with van der Waals surface area (Å²) < 4.78 is 0. The van der Waals surface area contributed by atoms with E-state index in [4.69, 9.17) is 23.2 Å².